The van der Waals surface area contributed by atoms with Gasteiger partial charge in [-0.05, 0) is 49.2 Å². The van der Waals surface area contributed by atoms with Gasteiger partial charge in [-0.2, -0.15) is 0 Å². The molecule has 0 aliphatic carbocycles. The SMILES string of the molecule is [2H]C([2H])([2H])c1ccc(-c2ccc3c(c2)oc2cc(C)ccc23)nc1. The molecule has 2 aromatic heterocycles. The lowest BCUT2D eigenvalue weighted by atomic mass is 10.1. The summed E-state index contributed by atoms with van der Waals surface area (Å²) in [5.41, 5.74) is 4.69. The van der Waals surface area contributed by atoms with Crippen LogP contribution in [0.25, 0.3) is 33.2 Å². The number of hydrogen-bond acceptors (Lipinski definition) is 2. The number of furan rings is 1. The third kappa shape index (κ3) is 2.00. The highest BCUT2D eigenvalue weighted by Gasteiger charge is 2.08. The van der Waals surface area contributed by atoms with E-state index in [4.69, 9.17) is 8.53 Å². The predicted molar refractivity (Wildman–Crippen MR) is 86.4 cm³/mol. The summed E-state index contributed by atoms with van der Waals surface area (Å²) in [7, 11) is 0. The van der Waals surface area contributed by atoms with Crippen LogP contribution in [0.4, 0.5) is 0 Å². The molecule has 2 aromatic carbocycles. The summed E-state index contributed by atoms with van der Waals surface area (Å²) >= 11 is 0. The van der Waals surface area contributed by atoms with Crippen LogP contribution in [0, 0.1) is 13.8 Å². The third-order valence-corrected chi connectivity index (χ3v) is 3.69. The number of rotatable bonds is 1. The summed E-state index contributed by atoms with van der Waals surface area (Å²) in [5.74, 6) is 0. The highest BCUT2D eigenvalue weighted by atomic mass is 16.3. The Morgan fingerprint density at radius 2 is 1.67 bits per heavy atom. The van der Waals surface area contributed by atoms with Crippen molar-refractivity contribution >= 4 is 21.9 Å². The van der Waals surface area contributed by atoms with Crippen LogP contribution in [0.5, 0.6) is 0 Å². The Bertz CT molecular complexity index is 1050. The van der Waals surface area contributed by atoms with Gasteiger partial charge in [0.25, 0.3) is 0 Å². The second-order valence-corrected chi connectivity index (χ2v) is 5.24. The molecule has 0 aliphatic rings. The fourth-order valence-corrected chi connectivity index (χ4v) is 2.61. The molecule has 21 heavy (non-hydrogen) atoms. The minimum absolute atomic E-state index is 0.242. The molecular weight excluding hydrogens is 258 g/mol. The van der Waals surface area contributed by atoms with Crippen LogP contribution in [0.2, 0.25) is 0 Å². The van der Waals surface area contributed by atoms with Crippen LogP contribution in [-0.4, -0.2) is 4.98 Å². The van der Waals surface area contributed by atoms with Gasteiger partial charge in [0.1, 0.15) is 11.2 Å². The number of fused-ring (bicyclic) bond motifs is 3. The van der Waals surface area contributed by atoms with Crippen LogP contribution >= 0.6 is 0 Å². The lowest BCUT2D eigenvalue weighted by Crippen LogP contribution is -1.83. The molecule has 0 fully saturated rings. The van der Waals surface area contributed by atoms with Gasteiger partial charge >= 0.3 is 0 Å². The topological polar surface area (TPSA) is 26.0 Å². The first-order valence-corrected chi connectivity index (χ1v) is 6.82. The van der Waals surface area contributed by atoms with Crippen molar-refractivity contribution in [3.63, 3.8) is 0 Å². The van der Waals surface area contributed by atoms with Crippen molar-refractivity contribution in [2.75, 3.05) is 0 Å². The van der Waals surface area contributed by atoms with Crippen LogP contribution in [-0.2, 0) is 0 Å². The molecule has 0 radical (unpaired) electrons. The summed E-state index contributed by atoms with van der Waals surface area (Å²) in [4.78, 5) is 4.29. The molecule has 2 nitrogen and oxygen atoms in total. The van der Waals surface area contributed by atoms with E-state index in [1.807, 2.05) is 31.2 Å². The highest BCUT2D eigenvalue weighted by molar-refractivity contribution is 6.05. The smallest absolute Gasteiger partial charge is 0.136 e. The summed E-state index contributed by atoms with van der Waals surface area (Å²) < 4.78 is 28.2. The molecule has 0 spiro atoms. The molecule has 0 bridgehead atoms. The number of pyridine rings is 1. The first kappa shape index (κ1) is 9.35. The average Bonchev–Trinajstić information content (AvgIpc) is 2.90. The van der Waals surface area contributed by atoms with Crippen LogP contribution in [0.3, 0.4) is 0 Å². The molecule has 2 heterocycles. The van der Waals surface area contributed by atoms with Gasteiger partial charge in [-0.25, -0.2) is 0 Å². The summed E-state index contributed by atoms with van der Waals surface area (Å²) in [6.45, 7) is -0.0967. The zero-order valence-electron chi connectivity index (χ0n) is 14.6. The Hall–Kier alpha value is -2.61. The molecule has 102 valence electrons. The average molecular weight is 276 g/mol. The Morgan fingerprint density at radius 1 is 0.905 bits per heavy atom. The van der Waals surface area contributed by atoms with Gasteiger partial charge in [0.15, 0.2) is 0 Å². The van der Waals surface area contributed by atoms with Crippen LogP contribution < -0.4 is 0 Å². The fourth-order valence-electron chi connectivity index (χ4n) is 2.61. The second-order valence-electron chi connectivity index (χ2n) is 5.24. The lowest BCUT2D eigenvalue weighted by Gasteiger charge is -2.01. The van der Waals surface area contributed by atoms with Gasteiger partial charge in [0, 0.05) is 26.6 Å². The first-order valence-electron chi connectivity index (χ1n) is 8.32. The lowest BCUT2D eigenvalue weighted by molar-refractivity contribution is 0.668. The largest absolute Gasteiger partial charge is 0.456 e. The van der Waals surface area contributed by atoms with Gasteiger partial charge in [-0.1, -0.05) is 24.3 Å². The predicted octanol–water partition coefficient (Wildman–Crippen LogP) is 5.26. The minimum atomic E-state index is -2.13. The maximum Gasteiger partial charge on any atom is 0.136 e. The van der Waals surface area contributed by atoms with Crippen molar-refractivity contribution in [3.05, 3.63) is 65.9 Å². The minimum Gasteiger partial charge on any atom is -0.456 e. The van der Waals surface area contributed by atoms with Crippen molar-refractivity contribution < 1.29 is 8.53 Å². The Balaban J connectivity index is 1.81. The van der Waals surface area contributed by atoms with E-state index in [1.54, 1.807) is 12.1 Å². The molecule has 0 saturated heterocycles. The molecule has 0 N–H and O–H groups in total. The standard InChI is InChI=1S/C19H15NO/c1-12-3-6-15-16-7-5-14(10-19(16)21-18(15)9-12)17-8-4-13(2)11-20-17/h3-11H,1-2H3/i2D3. The van der Waals surface area contributed by atoms with Gasteiger partial charge in [-0.3, -0.25) is 4.98 Å². The number of benzene rings is 2. The molecule has 0 aliphatic heterocycles. The van der Waals surface area contributed by atoms with Crippen LogP contribution in [0.15, 0.2) is 59.1 Å². The van der Waals surface area contributed by atoms with E-state index >= 15 is 0 Å². The van der Waals surface area contributed by atoms with Gasteiger partial charge in [-0.15, -0.1) is 0 Å². The monoisotopic (exact) mass is 276 g/mol. The van der Waals surface area contributed by atoms with E-state index in [-0.39, 0.29) is 5.56 Å². The summed E-state index contributed by atoms with van der Waals surface area (Å²) in [5, 5.41) is 2.15. The highest BCUT2D eigenvalue weighted by Crippen LogP contribution is 2.32. The normalized spacial score (nSPS) is 14.0. The first-order chi connectivity index (χ1) is 11.4. The quantitative estimate of drug-likeness (QED) is 0.473. The summed E-state index contributed by atoms with van der Waals surface area (Å²) in [6, 6.07) is 15.4. The number of nitrogens with zero attached hydrogens (tertiary/aromatic N) is 1. The Labute approximate surface area is 127 Å². The molecule has 0 atom stereocenters. The van der Waals surface area contributed by atoms with Crippen molar-refractivity contribution in [1.29, 1.82) is 0 Å². The summed E-state index contributed by atoms with van der Waals surface area (Å²) in [6.07, 6.45) is 1.41. The van der Waals surface area contributed by atoms with Gasteiger partial charge in [0.05, 0.1) is 5.69 Å². The van der Waals surface area contributed by atoms with E-state index in [2.05, 4.69) is 17.1 Å². The molecule has 0 amide bonds. The third-order valence-electron chi connectivity index (χ3n) is 3.69. The van der Waals surface area contributed by atoms with Crippen molar-refractivity contribution in [1.82, 2.24) is 4.98 Å². The van der Waals surface area contributed by atoms with Crippen LogP contribution in [0.1, 0.15) is 15.2 Å². The van der Waals surface area contributed by atoms with Crippen molar-refractivity contribution in [2.24, 2.45) is 0 Å². The Kier molecular flexibility index (Phi) is 1.98. The Morgan fingerprint density at radius 3 is 2.43 bits per heavy atom. The van der Waals surface area contributed by atoms with Gasteiger partial charge in [0.2, 0.25) is 0 Å². The number of aryl methyl sites for hydroxylation is 2. The van der Waals surface area contributed by atoms with E-state index in [9.17, 15) is 0 Å². The number of aromatic nitrogens is 1. The molecule has 4 aromatic rings. The molecule has 0 saturated carbocycles. The molecule has 0 unspecified atom stereocenters. The van der Waals surface area contributed by atoms with E-state index in [0.29, 0.717) is 0 Å². The van der Waals surface area contributed by atoms with E-state index < -0.39 is 6.85 Å². The maximum absolute atomic E-state index is 7.41. The van der Waals surface area contributed by atoms with Gasteiger partial charge < -0.3 is 4.42 Å². The second kappa shape index (κ2) is 4.45. The maximum atomic E-state index is 7.41. The fraction of sp³-hybridized carbons (Fsp3) is 0.105. The number of hydrogen-bond donors (Lipinski definition) is 0. The molecule has 2 heteroatoms. The van der Waals surface area contributed by atoms with E-state index in [0.717, 1.165) is 38.8 Å². The van der Waals surface area contributed by atoms with Crippen molar-refractivity contribution in [3.8, 4) is 11.3 Å². The van der Waals surface area contributed by atoms with E-state index in [1.165, 1.54) is 6.20 Å². The van der Waals surface area contributed by atoms with Crippen molar-refractivity contribution in [2.45, 2.75) is 13.8 Å². The molecule has 4 rings (SSSR count). The zero-order valence-corrected chi connectivity index (χ0v) is 11.6. The zero-order chi connectivity index (χ0) is 16.9. The molecular formula is C19H15NO.